The van der Waals surface area contributed by atoms with Crippen LogP contribution in [0.3, 0.4) is 0 Å². The Morgan fingerprint density at radius 3 is 2.78 bits per heavy atom. The molecule has 4 bridgehead atoms. The van der Waals surface area contributed by atoms with Gasteiger partial charge in [-0.1, -0.05) is 32.9 Å². The molecule has 4 unspecified atom stereocenters. The standard InChI is InChI=1S/C30H29FN4O6/c1-13(2)22-27-35-23(26-32-20(12-39-26)28(37)38-4)24(41-27)30-17-11-16(31)6-7-19(17)33-29(30)40-21-8-5-15(10-18(21)30)9-14(3)25(36)34-22/h5-8,10-11,13-14,20,22,29,33H,9,12H2,1-4H3,(H,34,36)/t14?,20?,22?,29-,30?/m1/s1. The zero-order valence-electron chi connectivity index (χ0n) is 23.0. The predicted molar refractivity (Wildman–Crippen MR) is 144 cm³/mol. The van der Waals surface area contributed by atoms with E-state index >= 15 is 0 Å². The SMILES string of the molecule is COC(=O)C1COC(c2nc3oc2C24c5cc(F)ccc5N[C@@H]2Oc2ccc(cc24)CC(C)C(=O)NC3C(C)C)=N1. The van der Waals surface area contributed by atoms with Gasteiger partial charge in [0.05, 0.1) is 7.11 Å². The number of carbonyl (C=O) groups is 2. The van der Waals surface area contributed by atoms with E-state index in [2.05, 4.69) is 15.6 Å². The van der Waals surface area contributed by atoms with Crippen LogP contribution in [-0.2, 0) is 30.9 Å². The zero-order chi connectivity index (χ0) is 28.6. The highest BCUT2D eigenvalue weighted by molar-refractivity contribution is 5.98. The molecule has 2 N–H and O–H groups in total. The van der Waals surface area contributed by atoms with Crippen LogP contribution in [0, 0.1) is 17.7 Å². The van der Waals surface area contributed by atoms with Gasteiger partial charge in [0, 0.05) is 22.7 Å². The highest BCUT2D eigenvalue weighted by atomic mass is 19.1. The number of aliphatic imine (C=N–C) groups is 1. The van der Waals surface area contributed by atoms with Crippen molar-refractivity contribution in [2.24, 2.45) is 16.8 Å². The molecule has 212 valence electrons. The first-order valence-corrected chi connectivity index (χ1v) is 13.7. The van der Waals surface area contributed by atoms with E-state index in [1.807, 2.05) is 39.0 Å². The molecular weight excluding hydrogens is 531 g/mol. The Bertz CT molecular complexity index is 1630. The number of esters is 1. The van der Waals surface area contributed by atoms with Gasteiger partial charge in [0.1, 0.15) is 29.6 Å². The minimum Gasteiger partial charge on any atom is -0.473 e. The van der Waals surface area contributed by atoms with Gasteiger partial charge in [-0.2, -0.15) is 0 Å². The topological polar surface area (TPSA) is 124 Å². The molecule has 10 nitrogen and oxygen atoms in total. The lowest BCUT2D eigenvalue weighted by Gasteiger charge is -2.28. The van der Waals surface area contributed by atoms with Gasteiger partial charge in [-0.25, -0.2) is 19.2 Å². The number of ether oxygens (including phenoxy) is 3. The van der Waals surface area contributed by atoms with Gasteiger partial charge in [0.15, 0.2) is 23.7 Å². The van der Waals surface area contributed by atoms with Gasteiger partial charge < -0.3 is 29.3 Å². The number of fused-ring (bicyclic) bond motifs is 4. The van der Waals surface area contributed by atoms with Crippen LogP contribution in [0.5, 0.6) is 5.75 Å². The second kappa shape index (κ2) is 9.05. The first-order chi connectivity index (χ1) is 19.7. The van der Waals surface area contributed by atoms with Crippen LogP contribution in [-0.4, -0.2) is 48.7 Å². The van der Waals surface area contributed by atoms with Crippen molar-refractivity contribution in [2.75, 3.05) is 19.0 Å². The van der Waals surface area contributed by atoms with Gasteiger partial charge in [-0.15, -0.1) is 0 Å². The molecular formula is C30H29FN4O6. The van der Waals surface area contributed by atoms with Crippen molar-refractivity contribution in [2.45, 2.75) is 50.9 Å². The number of oxazole rings is 1. The molecule has 4 aliphatic heterocycles. The number of hydrogen-bond acceptors (Lipinski definition) is 9. The first kappa shape index (κ1) is 25.6. The molecule has 1 amide bonds. The van der Waals surface area contributed by atoms with Crippen LogP contribution in [0.2, 0.25) is 0 Å². The molecule has 41 heavy (non-hydrogen) atoms. The summed E-state index contributed by atoms with van der Waals surface area (Å²) in [6.07, 6.45) is -0.209. The molecule has 11 heteroatoms. The predicted octanol–water partition coefficient (Wildman–Crippen LogP) is 3.62. The van der Waals surface area contributed by atoms with Crippen LogP contribution in [0.15, 0.2) is 45.8 Å². The fraction of sp³-hybridized carbons (Fsp3) is 0.400. The molecule has 3 aromatic rings. The smallest absolute Gasteiger partial charge is 0.334 e. The fourth-order valence-electron chi connectivity index (χ4n) is 6.27. The fourth-order valence-corrected chi connectivity index (χ4v) is 6.27. The number of anilines is 1. The molecule has 0 fully saturated rings. The third kappa shape index (κ3) is 3.67. The minimum absolute atomic E-state index is 0.0252. The average molecular weight is 561 g/mol. The summed E-state index contributed by atoms with van der Waals surface area (Å²) in [5.74, 6) is -0.246. The molecule has 0 saturated heterocycles. The van der Waals surface area contributed by atoms with E-state index in [9.17, 15) is 14.0 Å². The number of amides is 1. The van der Waals surface area contributed by atoms with Crippen LogP contribution >= 0.6 is 0 Å². The second-order valence-electron chi connectivity index (χ2n) is 11.3. The molecule has 1 spiro atoms. The maximum Gasteiger partial charge on any atom is 0.334 e. The third-order valence-electron chi connectivity index (χ3n) is 8.35. The molecule has 2 aromatic carbocycles. The third-order valence-corrected chi connectivity index (χ3v) is 8.35. The van der Waals surface area contributed by atoms with E-state index in [-0.39, 0.29) is 41.8 Å². The Morgan fingerprint density at radius 2 is 2.00 bits per heavy atom. The number of methoxy groups -OCH3 is 1. The molecule has 0 aliphatic carbocycles. The number of aromatic nitrogens is 1. The second-order valence-corrected chi connectivity index (χ2v) is 11.3. The van der Waals surface area contributed by atoms with Crippen molar-refractivity contribution in [1.29, 1.82) is 0 Å². The summed E-state index contributed by atoms with van der Waals surface area (Å²) in [5, 5.41) is 6.52. The average Bonchev–Trinajstić information content (AvgIpc) is 3.71. The van der Waals surface area contributed by atoms with Crippen LogP contribution in [0.25, 0.3) is 0 Å². The highest BCUT2D eigenvalue weighted by Gasteiger charge is 2.61. The van der Waals surface area contributed by atoms with Gasteiger partial charge >= 0.3 is 5.97 Å². The van der Waals surface area contributed by atoms with Gasteiger partial charge in [0.25, 0.3) is 0 Å². The Kier molecular flexibility index (Phi) is 5.64. The maximum atomic E-state index is 14.9. The summed E-state index contributed by atoms with van der Waals surface area (Å²) >= 11 is 0. The zero-order valence-corrected chi connectivity index (χ0v) is 23.0. The summed E-state index contributed by atoms with van der Waals surface area (Å²) in [6, 6.07) is 8.89. The number of halogens is 1. The minimum atomic E-state index is -1.17. The van der Waals surface area contributed by atoms with Crippen molar-refractivity contribution >= 4 is 23.5 Å². The lowest BCUT2D eigenvalue weighted by molar-refractivity contribution is -0.142. The summed E-state index contributed by atoms with van der Waals surface area (Å²) in [7, 11) is 1.29. The quantitative estimate of drug-likeness (QED) is 0.466. The van der Waals surface area contributed by atoms with E-state index in [1.165, 1.54) is 19.2 Å². The van der Waals surface area contributed by atoms with E-state index in [0.717, 1.165) is 11.1 Å². The molecule has 1 aromatic heterocycles. The van der Waals surface area contributed by atoms with Gasteiger partial charge in [0.2, 0.25) is 17.7 Å². The number of rotatable bonds is 3. The molecule has 0 radical (unpaired) electrons. The molecule has 0 saturated carbocycles. The normalized spacial score (nSPS) is 27.4. The lowest BCUT2D eigenvalue weighted by Crippen LogP contribution is -2.41. The number of carbonyl (C=O) groups excluding carboxylic acids is 2. The number of benzene rings is 2. The Morgan fingerprint density at radius 1 is 1.17 bits per heavy atom. The molecule has 5 atom stereocenters. The summed E-state index contributed by atoms with van der Waals surface area (Å²) < 4.78 is 38.9. The molecule has 4 aliphatic rings. The molecule has 5 heterocycles. The van der Waals surface area contributed by atoms with E-state index in [0.29, 0.717) is 29.2 Å². The maximum absolute atomic E-state index is 14.9. The Labute approximate surface area is 235 Å². The van der Waals surface area contributed by atoms with Crippen LogP contribution in [0.1, 0.15) is 60.8 Å². The van der Waals surface area contributed by atoms with Crippen molar-refractivity contribution in [1.82, 2.24) is 10.3 Å². The first-order valence-electron chi connectivity index (χ1n) is 13.7. The van der Waals surface area contributed by atoms with E-state index in [1.54, 1.807) is 6.07 Å². The summed E-state index contributed by atoms with van der Waals surface area (Å²) in [6.45, 7) is 5.78. The van der Waals surface area contributed by atoms with Crippen molar-refractivity contribution in [3.8, 4) is 5.75 Å². The van der Waals surface area contributed by atoms with Crippen molar-refractivity contribution < 1.29 is 32.6 Å². The van der Waals surface area contributed by atoms with Gasteiger partial charge in [-0.05, 0) is 42.2 Å². The number of hydrogen-bond donors (Lipinski definition) is 2. The van der Waals surface area contributed by atoms with Gasteiger partial charge in [-0.3, -0.25) is 4.79 Å². The van der Waals surface area contributed by atoms with Crippen LogP contribution < -0.4 is 15.4 Å². The Balaban J connectivity index is 1.55. The summed E-state index contributed by atoms with van der Waals surface area (Å²) in [5.41, 5.74) is 2.05. The van der Waals surface area contributed by atoms with E-state index in [4.69, 9.17) is 23.6 Å². The number of nitrogens with zero attached hydrogens (tertiary/aromatic N) is 2. The van der Waals surface area contributed by atoms with Crippen LogP contribution in [0.4, 0.5) is 10.1 Å². The Hall–Kier alpha value is -4.41. The monoisotopic (exact) mass is 560 g/mol. The molecule has 7 rings (SSSR count). The van der Waals surface area contributed by atoms with Crippen molar-refractivity contribution in [3.63, 3.8) is 0 Å². The largest absolute Gasteiger partial charge is 0.473 e. The highest BCUT2D eigenvalue weighted by Crippen LogP contribution is 2.58. The number of nitrogens with one attached hydrogen (secondary N) is 2. The summed E-state index contributed by atoms with van der Waals surface area (Å²) in [4.78, 5) is 35.0. The van der Waals surface area contributed by atoms with Crippen molar-refractivity contribution in [3.05, 3.63) is 76.3 Å². The van der Waals surface area contributed by atoms with E-state index < -0.39 is 35.5 Å². The lowest BCUT2D eigenvalue weighted by atomic mass is 9.72.